The highest BCUT2D eigenvalue weighted by Gasteiger charge is 2.53. The molecule has 0 bridgehead atoms. The van der Waals surface area contributed by atoms with Gasteiger partial charge in [-0.2, -0.15) is 0 Å². The fraction of sp³-hybridized carbons (Fsp3) is 0.600. The first-order valence-corrected chi connectivity index (χ1v) is 28.5. The number of hydrogen-bond acceptors (Lipinski definition) is 21. The maximum Gasteiger partial charge on any atom is 0.326 e. The van der Waals surface area contributed by atoms with E-state index in [1.807, 2.05) is 0 Å². The lowest BCUT2D eigenvalue weighted by molar-refractivity contribution is -0.151. The third kappa shape index (κ3) is 18.4. The lowest BCUT2D eigenvalue weighted by atomic mass is 10.0. The minimum Gasteiger partial charge on any atom is -0.508 e. The summed E-state index contributed by atoms with van der Waals surface area (Å²) < 4.78 is 0. The van der Waals surface area contributed by atoms with E-state index >= 15 is 0 Å². The van der Waals surface area contributed by atoms with Gasteiger partial charge in [0.25, 0.3) is 0 Å². The van der Waals surface area contributed by atoms with Gasteiger partial charge in [0.2, 0.25) is 53.2 Å². The SMILES string of the molecule is C[C@H](N)C(=O)N[C@@H](CCCCN)C(=O)N1CCC[C@H]1C(=O)N[C@@H](CO)C(=O)N[C@@H](Cc1ccc(O)cc1)C(=O)N1C[C@H](O)[C@H](O)[C@H]1C(=O)N1C[C@H](O)C[C@H]1C(=O)N[C@H](C(=O)N[C@@H](Cc1ccc(O)c(O)c1)C(=O)N[C@@H](CCCCN)C(=O)O)[C@@H](C)O. The van der Waals surface area contributed by atoms with Gasteiger partial charge in [0.05, 0.1) is 37.5 Å². The summed E-state index contributed by atoms with van der Waals surface area (Å²) in [6.07, 6.45) is -6.13. The molecule has 2 aromatic carbocycles. The minimum absolute atomic E-state index is 0.0509. The van der Waals surface area contributed by atoms with Gasteiger partial charge in [0.15, 0.2) is 11.5 Å². The standard InChI is InChI=1S/C55H82N12O19/c1-27(58)46(76)59-33(8-3-5-17-56)52(82)65-19-7-10-38(65)49(79)63-37(26-68)48(78)62-36(20-29-11-14-31(70)15-12-29)53(83)67-25-42(74)45(75)44(67)54(84)66-24-32(71)23-39(66)50(80)64-43(28(2)69)51(81)61-35(21-30-13-16-40(72)41(73)22-30)47(77)60-34(55(85)86)9-4-6-18-57/h11-16,22,27-28,32-39,42-45,68-75H,3-10,17-21,23-26,56-58H2,1-2H3,(H,59,76)(H,60,77)(H,61,81)(H,62,78)(H,63,79)(H,64,80)(H,85,86)/t27-,28+,32+,33-,34-,35-,36-,37-,38-,39-,42-,43-,44-,45-/m0/s1. The van der Waals surface area contributed by atoms with Gasteiger partial charge < -0.3 is 110 Å². The number of nitrogens with one attached hydrogen (secondary N) is 6. The molecule has 0 spiro atoms. The molecule has 0 aliphatic carbocycles. The number of hydrogen-bond donors (Lipinski definition) is 18. The minimum atomic E-state index is -2.07. The molecule has 0 aromatic heterocycles. The van der Waals surface area contributed by atoms with Crippen LogP contribution in [-0.4, -0.2) is 244 Å². The largest absolute Gasteiger partial charge is 0.508 e. The Morgan fingerprint density at radius 2 is 1.17 bits per heavy atom. The zero-order chi connectivity index (χ0) is 63.7. The van der Waals surface area contributed by atoms with Gasteiger partial charge in [0, 0.05) is 32.4 Å². The summed E-state index contributed by atoms with van der Waals surface area (Å²) in [7, 11) is 0. The number of carbonyl (C=O) groups is 10. The Balaban J connectivity index is 1.37. The normalized spacial score (nSPS) is 22.0. The number of nitrogens with two attached hydrogens (primary N) is 3. The molecule has 21 N–H and O–H groups in total. The summed E-state index contributed by atoms with van der Waals surface area (Å²) >= 11 is 0. The molecular formula is C55H82N12O19. The van der Waals surface area contributed by atoms with Crippen LogP contribution in [0, 0.1) is 0 Å². The number of phenolic OH excluding ortho intramolecular Hbond substituents is 3. The molecule has 3 aliphatic rings. The molecule has 5 rings (SSSR count). The van der Waals surface area contributed by atoms with Gasteiger partial charge in [-0.3, -0.25) is 43.2 Å². The molecule has 31 nitrogen and oxygen atoms in total. The number of unbranched alkanes of at least 4 members (excludes halogenated alkanes) is 2. The van der Waals surface area contributed by atoms with Crippen molar-refractivity contribution in [2.75, 3.05) is 39.3 Å². The van der Waals surface area contributed by atoms with E-state index in [1.165, 1.54) is 42.2 Å². The highest BCUT2D eigenvalue weighted by molar-refractivity contribution is 5.99. The number of amides is 9. The van der Waals surface area contributed by atoms with Crippen LogP contribution in [0.15, 0.2) is 42.5 Å². The smallest absolute Gasteiger partial charge is 0.326 e. The molecule has 31 heteroatoms. The Morgan fingerprint density at radius 1 is 0.616 bits per heavy atom. The van der Waals surface area contributed by atoms with E-state index < -0.39 is 194 Å². The summed E-state index contributed by atoms with van der Waals surface area (Å²) in [6.45, 7) is 0.764. The molecule has 0 saturated carbocycles. The monoisotopic (exact) mass is 1210 g/mol. The summed E-state index contributed by atoms with van der Waals surface area (Å²) in [6, 6.07) is -6.70. The maximum absolute atomic E-state index is 14.9. The van der Waals surface area contributed by atoms with Crippen molar-refractivity contribution in [2.45, 2.75) is 169 Å². The number of aliphatic carboxylic acids is 1. The summed E-state index contributed by atoms with van der Waals surface area (Å²) in [5, 5.41) is 109. The molecular weight excluding hydrogens is 1130 g/mol. The third-order valence-corrected chi connectivity index (χ3v) is 15.2. The van der Waals surface area contributed by atoms with Gasteiger partial charge in [0.1, 0.15) is 66.2 Å². The van der Waals surface area contributed by atoms with Crippen molar-refractivity contribution in [3.8, 4) is 17.2 Å². The summed E-state index contributed by atoms with van der Waals surface area (Å²) in [4.78, 5) is 141. The second-order valence-electron chi connectivity index (χ2n) is 21.9. The first-order valence-electron chi connectivity index (χ1n) is 28.5. The Hall–Kier alpha value is -7.78. The van der Waals surface area contributed by atoms with E-state index in [0.717, 1.165) is 28.9 Å². The predicted octanol–water partition coefficient (Wildman–Crippen LogP) is -6.55. The lowest BCUT2D eigenvalue weighted by Crippen LogP contribution is -2.62. The van der Waals surface area contributed by atoms with Gasteiger partial charge in [-0.05, 0) is 114 Å². The molecule has 14 atom stereocenters. The summed E-state index contributed by atoms with van der Waals surface area (Å²) in [5.74, 6) is -11.7. The van der Waals surface area contributed by atoms with E-state index in [9.17, 15) is 93.9 Å². The van der Waals surface area contributed by atoms with Crippen LogP contribution in [0.1, 0.15) is 82.8 Å². The second kappa shape index (κ2) is 32.1. The van der Waals surface area contributed by atoms with Crippen molar-refractivity contribution >= 4 is 59.1 Å². The van der Waals surface area contributed by atoms with Crippen LogP contribution in [0.3, 0.4) is 0 Å². The predicted molar refractivity (Wildman–Crippen MR) is 301 cm³/mol. The van der Waals surface area contributed by atoms with E-state index in [4.69, 9.17) is 17.2 Å². The average Bonchev–Trinajstić information content (AvgIpc) is 2.62. The molecule has 0 radical (unpaired) electrons. The van der Waals surface area contributed by atoms with Crippen LogP contribution >= 0.6 is 0 Å². The maximum atomic E-state index is 14.9. The van der Waals surface area contributed by atoms with Crippen LogP contribution in [0.4, 0.5) is 0 Å². The van der Waals surface area contributed by atoms with Crippen LogP contribution in [0.5, 0.6) is 17.2 Å². The average molecular weight is 1220 g/mol. The number of carbonyl (C=O) groups excluding carboxylic acids is 9. The van der Waals surface area contributed by atoms with Crippen molar-refractivity contribution in [3.63, 3.8) is 0 Å². The topological polar surface area (TPSA) is 513 Å². The van der Waals surface area contributed by atoms with Gasteiger partial charge in [-0.15, -0.1) is 0 Å². The van der Waals surface area contributed by atoms with Crippen molar-refractivity contribution < 1.29 is 93.9 Å². The van der Waals surface area contributed by atoms with Gasteiger partial charge >= 0.3 is 5.97 Å². The first kappa shape index (κ1) is 69.0. The van der Waals surface area contributed by atoms with Crippen molar-refractivity contribution in [2.24, 2.45) is 17.2 Å². The number of likely N-dealkylation sites (tertiary alicyclic amines) is 3. The van der Waals surface area contributed by atoms with Gasteiger partial charge in [-0.25, -0.2) is 4.79 Å². The van der Waals surface area contributed by atoms with E-state index in [0.29, 0.717) is 44.2 Å². The Kier molecular flexibility index (Phi) is 25.8. The van der Waals surface area contributed by atoms with Crippen LogP contribution in [0.25, 0.3) is 0 Å². The number of carboxylic acids is 1. The molecule has 86 heavy (non-hydrogen) atoms. The summed E-state index contributed by atoms with van der Waals surface area (Å²) in [5.41, 5.74) is 17.4. The van der Waals surface area contributed by atoms with E-state index in [1.54, 1.807) is 0 Å². The second-order valence-corrected chi connectivity index (χ2v) is 21.9. The number of β-amino-alcohol motifs (C(OH)–C–C–N with tert-alkyl or cyclic N) is 2. The Labute approximate surface area is 495 Å². The molecule has 2 aromatic rings. The van der Waals surface area contributed by atoms with Gasteiger partial charge in [-0.1, -0.05) is 18.2 Å². The van der Waals surface area contributed by atoms with Crippen molar-refractivity contribution in [3.05, 3.63) is 53.6 Å². The highest BCUT2D eigenvalue weighted by Crippen LogP contribution is 2.29. The van der Waals surface area contributed by atoms with E-state index in [2.05, 4.69) is 31.9 Å². The molecule has 3 saturated heterocycles. The fourth-order valence-corrected chi connectivity index (χ4v) is 10.4. The zero-order valence-corrected chi connectivity index (χ0v) is 47.8. The quantitative estimate of drug-likeness (QED) is 0.0255. The highest BCUT2D eigenvalue weighted by atomic mass is 16.4. The number of aliphatic hydroxyl groups excluding tert-OH is 5. The van der Waals surface area contributed by atoms with Crippen LogP contribution < -0.4 is 49.1 Å². The number of nitrogens with zero attached hydrogens (tertiary/aromatic N) is 3. The van der Waals surface area contributed by atoms with Crippen molar-refractivity contribution in [1.82, 2.24) is 46.6 Å². The number of benzene rings is 2. The van der Waals surface area contributed by atoms with Crippen LogP contribution in [-0.2, 0) is 60.8 Å². The Bertz CT molecular complexity index is 2720. The van der Waals surface area contributed by atoms with E-state index in [-0.39, 0.29) is 43.7 Å². The van der Waals surface area contributed by atoms with Crippen LogP contribution in [0.2, 0.25) is 0 Å². The molecule has 3 fully saturated rings. The third-order valence-electron chi connectivity index (χ3n) is 15.2. The van der Waals surface area contributed by atoms with Crippen molar-refractivity contribution in [1.29, 1.82) is 0 Å². The number of rotatable bonds is 30. The number of aliphatic hydroxyl groups is 5. The molecule has 0 unspecified atom stereocenters. The molecule has 9 amide bonds. The Morgan fingerprint density at radius 3 is 1.77 bits per heavy atom. The number of aromatic hydroxyl groups is 3. The molecule has 476 valence electrons. The lowest BCUT2D eigenvalue weighted by Gasteiger charge is -2.34. The number of carboxylic acid groups (broad SMARTS) is 1. The zero-order valence-electron chi connectivity index (χ0n) is 47.8. The molecule has 3 heterocycles. The first-order chi connectivity index (χ1) is 40.7. The molecule has 3 aliphatic heterocycles. The number of phenols is 3. The fourth-order valence-electron chi connectivity index (χ4n) is 10.4.